The SMILES string of the molecule is CC1(Nc2ccc(C(N)=S)c3ccccc23)CC1. The lowest BCUT2D eigenvalue weighted by Gasteiger charge is -2.17. The smallest absolute Gasteiger partial charge is 0.104 e. The summed E-state index contributed by atoms with van der Waals surface area (Å²) >= 11 is 5.11. The minimum absolute atomic E-state index is 0.271. The van der Waals surface area contributed by atoms with E-state index >= 15 is 0 Å². The van der Waals surface area contributed by atoms with Crippen LogP contribution in [0, 0.1) is 0 Å². The Kier molecular flexibility index (Phi) is 2.52. The van der Waals surface area contributed by atoms with E-state index in [1.807, 2.05) is 18.2 Å². The topological polar surface area (TPSA) is 38.0 Å². The zero-order valence-electron chi connectivity index (χ0n) is 10.4. The molecule has 18 heavy (non-hydrogen) atoms. The standard InChI is InChI=1S/C15H16N2S/c1-15(8-9-15)17-13-7-6-12(14(16)18)10-4-2-3-5-11(10)13/h2-7,17H,8-9H2,1H3,(H2,16,18). The highest BCUT2D eigenvalue weighted by Crippen LogP contribution is 2.40. The summed E-state index contributed by atoms with van der Waals surface area (Å²) in [6.07, 6.45) is 2.47. The van der Waals surface area contributed by atoms with Crippen molar-refractivity contribution in [2.24, 2.45) is 5.73 Å². The van der Waals surface area contributed by atoms with Crippen LogP contribution in [0.1, 0.15) is 25.3 Å². The van der Waals surface area contributed by atoms with E-state index < -0.39 is 0 Å². The van der Waals surface area contributed by atoms with E-state index in [1.54, 1.807) is 0 Å². The van der Waals surface area contributed by atoms with Crippen molar-refractivity contribution < 1.29 is 0 Å². The first-order valence-electron chi connectivity index (χ1n) is 6.19. The number of thiocarbonyl (C=S) groups is 1. The largest absolute Gasteiger partial charge is 0.389 e. The number of benzene rings is 2. The number of nitrogens with two attached hydrogens (primary N) is 1. The maximum Gasteiger partial charge on any atom is 0.104 e. The Balaban J connectivity index is 2.16. The molecule has 3 rings (SSSR count). The zero-order chi connectivity index (χ0) is 12.8. The molecule has 0 unspecified atom stereocenters. The third-order valence-corrected chi connectivity index (χ3v) is 3.85. The molecule has 2 nitrogen and oxygen atoms in total. The normalized spacial score (nSPS) is 16.5. The molecule has 0 heterocycles. The maximum absolute atomic E-state index is 5.78. The van der Waals surface area contributed by atoms with Crippen molar-refractivity contribution in [2.45, 2.75) is 25.3 Å². The highest BCUT2D eigenvalue weighted by Gasteiger charge is 2.37. The van der Waals surface area contributed by atoms with E-state index in [1.165, 1.54) is 23.9 Å². The van der Waals surface area contributed by atoms with Crippen LogP contribution in [0.3, 0.4) is 0 Å². The Bertz CT molecular complexity index is 629. The van der Waals surface area contributed by atoms with Gasteiger partial charge in [0.05, 0.1) is 0 Å². The van der Waals surface area contributed by atoms with Gasteiger partial charge in [0.2, 0.25) is 0 Å². The molecule has 0 aliphatic heterocycles. The van der Waals surface area contributed by atoms with E-state index in [0.717, 1.165) is 10.9 Å². The second-order valence-corrected chi connectivity index (χ2v) is 5.70. The van der Waals surface area contributed by atoms with E-state index in [0.29, 0.717) is 4.99 Å². The number of nitrogens with one attached hydrogen (secondary N) is 1. The Morgan fingerprint density at radius 2 is 1.83 bits per heavy atom. The van der Waals surface area contributed by atoms with Gasteiger partial charge in [-0.25, -0.2) is 0 Å². The molecule has 0 aromatic heterocycles. The summed E-state index contributed by atoms with van der Waals surface area (Å²) in [6, 6.07) is 12.4. The van der Waals surface area contributed by atoms with Crippen molar-refractivity contribution in [3.05, 3.63) is 42.0 Å². The van der Waals surface area contributed by atoms with Crippen LogP contribution in [0.15, 0.2) is 36.4 Å². The van der Waals surface area contributed by atoms with Gasteiger partial charge < -0.3 is 11.1 Å². The lowest BCUT2D eigenvalue weighted by Crippen LogP contribution is -2.17. The van der Waals surface area contributed by atoms with Crippen LogP contribution in [0.2, 0.25) is 0 Å². The van der Waals surface area contributed by atoms with Gasteiger partial charge in [-0.05, 0) is 37.3 Å². The first-order chi connectivity index (χ1) is 8.59. The van der Waals surface area contributed by atoms with E-state index in [9.17, 15) is 0 Å². The Hall–Kier alpha value is -1.61. The van der Waals surface area contributed by atoms with Crippen molar-refractivity contribution in [1.29, 1.82) is 0 Å². The summed E-state index contributed by atoms with van der Waals surface area (Å²) in [4.78, 5) is 0.454. The summed E-state index contributed by atoms with van der Waals surface area (Å²) in [5.74, 6) is 0. The van der Waals surface area contributed by atoms with Gasteiger partial charge in [0.25, 0.3) is 0 Å². The molecule has 0 saturated heterocycles. The summed E-state index contributed by atoms with van der Waals surface area (Å²) < 4.78 is 0. The predicted octanol–water partition coefficient (Wildman–Crippen LogP) is 3.44. The molecule has 2 aromatic rings. The molecule has 0 atom stereocenters. The summed E-state index contributed by atoms with van der Waals surface area (Å²) in [5, 5.41) is 5.93. The molecule has 2 aromatic carbocycles. The van der Waals surface area contributed by atoms with Crippen molar-refractivity contribution in [3.8, 4) is 0 Å². The van der Waals surface area contributed by atoms with Crippen molar-refractivity contribution in [2.75, 3.05) is 5.32 Å². The van der Waals surface area contributed by atoms with E-state index in [-0.39, 0.29) is 5.54 Å². The molecular weight excluding hydrogens is 240 g/mol. The highest BCUT2D eigenvalue weighted by molar-refractivity contribution is 7.80. The molecule has 1 saturated carbocycles. The summed E-state index contributed by atoms with van der Waals surface area (Å²) in [6.45, 7) is 2.25. The molecule has 3 N–H and O–H groups in total. The number of anilines is 1. The fourth-order valence-electron chi connectivity index (χ4n) is 2.26. The minimum Gasteiger partial charge on any atom is -0.389 e. The number of rotatable bonds is 3. The predicted molar refractivity (Wildman–Crippen MR) is 81.1 cm³/mol. The molecule has 0 bridgehead atoms. The third kappa shape index (κ3) is 1.95. The maximum atomic E-state index is 5.78. The fourth-order valence-corrected chi connectivity index (χ4v) is 2.44. The van der Waals surface area contributed by atoms with Crippen LogP contribution in [-0.2, 0) is 0 Å². The first-order valence-corrected chi connectivity index (χ1v) is 6.60. The highest BCUT2D eigenvalue weighted by atomic mass is 32.1. The van der Waals surface area contributed by atoms with Gasteiger partial charge in [0, 0.05) is 22.2 Å². The van der Waals surface area contributed by atoms with E-state index in [2.05, 4.69) is 30.4 Å². The van der Waals surface area contributed by atoms with Crippen LogP contribution in [0.4, 0.5) is 5.69 Å². The Labute approximate surface area is 112 Å². The Morgan fingerprint density at radius 3 is 2.44 bits per heavy atom. The molecule has 0 radical (unpaired) electrons. The van der Waals surface area contributed by atoms with Gasteiger partial charge in [0.15, 0.2) is 0 Å². The van der Waals surface area contributed by atoms with Crippen LogP contribution in [0.5, 0.6) is 0 Å². The van der Waals surface area contributed by atoms with Crippen LogP contribution < -0.4 is 11.1 Å². The van der Waals surface area contributed by atoms with Crippen molar-refractivity contribution in [3.63, 3.8) is 0 Å². The molecule has 0 amide bonds. The summed E-state index contributed by atoms with van der Waals surface area (Å²) in [7, 11) is 0. The quantitative estimate of drug-likeness (QED) is 0.826. The van der Waals surface area contributed by atoms with Gasteiger partial charge in [0.1, 0.15) is 4.99 Å². The van der Waals surface area contributed by atoms with Crippen LogP contribution >= 0.6 is 12.2 Å². The molecule has 1 aliphatic carbocycles. The second-order valence-electron chi connectivity index (χ2n) is 5.26. The van der Waals surface area contributed by atoms with Gasteiger partial charge in [-0.1, -0.05) is 36.5 Å². The summed E-state index contributed by atoms with van der Waals surface area (Å²) in [5.41, 5.74) is 8.17. The molecular formula is C15H16N2S. The second kappa shape index (κ2) is 3.95. The van der Waals surface area contributed by atoms with Gasteiger partial charge in [-0.3, -0.25) is 0 Å². The number of fused-ring (bicyclic) bond motifs is 1. The molecule has 1 aliphatic rings. The molecule has 92 valence electrons. The monoisotopic (exact) mass is 256 g/mol. The number of hydrogen-bond acceptors (Lipinski definition) is 2. The zero-order valence-corrected chi connectivity index (χ0v) is 11.2. The Morgan fingerprint density at radius 1 is 1.17 bits per heavy atom. The average molecular weight is 256 g/mol. The van der Waals surface area contributed by atoms with Gasteiger partial charge >= 0.3 is 0 Å². The average Bonchev–Trinajstić information content (AvgIpc) is 3.07. The molecule has 1 fully saturated rings. The number of hydrogen-bond donors (Lipinski definition) is 2. The fraction of sp³-hybridized carbons (Fsp3) is 0.267. The van der Waals surface area contributed by atoms with Crippen molar-refractivity contribution in [1.82, 2.24) is 0 Å². The van der Waals surface area contributed by atoms with Gasteiger partial charge in [-0.2, -0.15) is 0 Å². The minimum atomic E-state index is 0.271. The van der Waals surface area contributed by atoms with Crippen LogP contribution in [0.25, 0.3) is 10.8 Å². The molecule has 0 spiro atoms. The van der Waals surface area contributed by atoms with Crippen molar-refractivity contribution >= 4 is 33.7 Å². The lowest BCUT2D eigenvalue weighted by atomic mass is 10.0. The third-order valence-electron chi connectivity index (χ3n) is 3.63. The lowest BCUT2D eigenvalue weighted by molar-refractivity contribution is 0.831. The van der Waals surface area contributed by atoms with Gasteiger partial charge in [-0.15, -0.1) is 0 Å². The van der Waals surface area contributed by atoms with E-state index in [4.69, 9.17) is 18.0 Å². The first kappa shape index (κ1) is 11.5. The van der Waals surface area contributed by atoms with Crippen LogP contribution in [-0.4, -0.2) is 10.5 Å². The molecule has 3 heteroatoms.